The molecule has 0 aliphatic heterocycles. The summed E-state index contributed by atoms with van der Waals surface area (Å²) in [4.78, 5) is 0. The quantitative estimate of drug-likeness (QED) is 0.734. The summed E-state index contributed by atoms with van der Waals surface area (Å²) in [6.45, 7) is 1.19. The lowest BCUT2D eigenvalue weighted by Crippen LogP contribution is -2.17. The van der Waals surface area contributed by atoms with Crippen LogP contribution in [0, 0.1) is 0 Å². The molecule has 1 heteroatoms. The van der Waals surface area contributed by atoms with E-state index in [0.717, 1.165) is 12.0 Å². The molecule has 0 unspecified atom stereocenters. The molecule has 1 N–H and O–H groups in total. The fraction of sp³-hybridized carbons (Fsp3) is 0.625. The van der Waals surface area contributed by atoms with Crippen LogP contribution in [0.2, 0.25) is 0 Å². The van der Waals surface area contributed by atoms with E-state index in [9.17, 15) is 0 Å². The van der Waals surface area contributed by atoms with Crippen molar-refractivity contribution in [2.24, 2.45) is 0 Å². The predicted molar refractivity (Wildman–Crippen MR) is 72.4 cm³/mol. The first kappa shape index (κ1) is 11.3. The third-order valence-corrected chi connectivity index (χ3v) is 4.18. The monoisotopic (exact) mass is 229 g/mol. The summed E-state index contributed by atoms with van der Waals surface area (Å²) in [7, 11) is 0. The molecule has 0 radical (unpaired) electrons. The van der Waals surface area contributed by atoms with Gasteiger partial charge in [0, 0.05) is 6.04 Å². The molecule has 0 heterocycles. The standard InChI is InChI=1S/C16H23N/c1-4-13(5-3-11-17-16-9-10-16)12-15(8-1)14-6-2-7-14/h1,4,8,12,14,16-17H,2-3,5-7,9-11H2. The third kappa shape index (κ3) is 3.10. The van der Waals surface area contributed by atoms with Crippen LogP contribution in [-0.4, -0.2) is 12.6 Å². The molecule has 17 heavy (non-hydrogen) atoms. The number of hydrogen-bond donors (Lipinski definition) is 1. The van der Waals surface area contributed by atoms with Crippen LogP contribution in [0.15, 0.2) is 24.3 Å². The Balaban J connectivity index is 1.47. The first-order valence-corrected chi connectivity index (χ1v) is 7.24. The van der Waals surface area contributed by atoms with Crippen LogP contribution in [0.25, 0.3) is 0 Å². The summed E-state index contributed by atoms with van der Waals surface area (Å²) in [6, 6.07) is 10.2. The van der Waals surface area contributed by atoms with Crippen molar-refractivity contribution < 1.29 is 0 Å². The summed E-state index contributed by atoms with van der Waals surface area (Å²) in [5.74, 6) is 0.875. The van der Waals surface area contributed by atoms with Crippen molar-refractivity contribution in [3.8, 4) is 0 Å². The fourth-order valence-electron chi connectivity index (χ4n) is 2.63. The summed E-state index contributed by atoms with van der Waals surface area (Å²) in [5.41, 5.74) is 3.12. The van der Waals surface area contributed by atoms with Gasteiger partial charge in [-0.05, 0) is 62.1 Å². The van der Waals surface area contributed by atoms with Gasteiger partial charge in [0.25, 0.3) is 0 Å². The number of benzene rings is 1. The lowest BCUT2D eigenvalue weighted by molar-refractivity contribution is 0.419. The minimum Gasteiger partial charge on any atom is -0.314 e. The van der Waals surface area contributed by atoms with E-state index in [1.54, 1.807) is 5.56 Å². The molecule has 92 valence electrons. The van der Waals surface area contributed by atoms with E-state index in [-0.39, 0.29) is 0 Å². The second kappa shape index (κ2) is 5.22. The molecule has 3 rings (SSSR count). The Bertz CT molecular complexity index is 364. The van der Waals surface area contributed by atoms with Crippen LogP contribution < -0.4 is 5.32 Å². The highest BCUT2D eigenvalue weighted by molar-refractivity contribution is 5.27. The zero-order valence-electron chi connectivity index (χ0n) is 10.6. The number of aryl methyl sites for hydroxylation is 1. The molecule has 2 aliphatic carbocycles. The van der Waals surface area contributed by atoms with Gasteiger partial charge in [0.15, 0.2) is 0 Å². The van der Waals surface area contributed by atoms with E-state index in [0.29, 0.717) is 0 Å². The van der Waals surface area contributed by atoms with Crippen LogP contribution in [-0.2, 0) is 6.42 Å². The first-order valence-electron chi connectivity index (χ1n) is 7.24. The fourth-order valence-corrected chi connectivity index (χ4v) is 2.63. The SMILES string of the molecule is c1cc(CCCNC2CC2)cc(C2CCC2)c1. The molecular weight excluding hydrogens is 206 g/mol. The van der Waals surface area contributed by atoms with E-state index in [2.05, 4.69) is 29.6 Å². The van der Waals surface area contributed by atoms with E-state index in [1.165, 1.54) is 57.1 Å². The van der Waals surface area contributed by atoms with Crippen molar-refractivity contribution in [3.63, 3.8) is 0 Å². The number of rotatable bonds is 6. The topological polar surface area (TPSA) is 12.0 Å². The van der Waals surface area contributed by atoms with Gasteiger partial charge in [-0.15, -0.1) is 0 Å². The Labute approximate surface area is 105 Å². The van der Waals surface area contributed by atoms with Gasteiger partial charge in [0.1, 0.15) is 0 Å². The van der Waals surface area contributed by atoms with Gasteiger partial charge in [-0.2, -0.15) is 0 Å². The van der Waals surface area contributed by atoms with Crippen molar-refractivity contribution in [3.05, 3.63) is 35.4 Å². The maximum atomic E-state index is 3.59. The molecule has 0 spiro atoms. The summed E-state index contributed by atoms with van der Waals surface area (Å²) in [6.07, 6.45) is 9.57. The van der Waals surface area contributed by atoms with Gasteiger partial charge in [-0.25, -0.2) is 0 Å². The second-order valence-electron chi connectivity index (χ2n) is 5.70. The molecule has 1 nitrogen and oxygen atoms in total. The molecule has 2 fully saturated rings. The highest BCUT2D eigenvalue weighted by Gasteiger charge is 2.20. The van der Waals surface area contributed by atoms with E-state index < -0.39 is 0 Å². The van der Waals surface area contributed by atoms with E-state index in [1.807, 2.05) is 0 Å². The van der Waals surface area contributed by atoms with Gasteiger partial charge in [-0.3, -0.25) is 0 Å². The molecule has 0 aromatic heterocycles. The maximum Gasteiger partial charge on any atom is 0.00682 e. The average molecular weight is 229 g/mol. The van der Waals surface area contributed by atoms with Gasteiger partial charge < -0.3 is 5.32 Å². The maximum absolute atomic E-state index is 3.59. The normalized spacial score (nSPS) is 20.2. The molecule has 0 atom stereocenters. The smallest absolute Gasteiger partial charge is 0.00682 e. The predicted octanol–water partition coefficient (Wildman–Crippen LogP) is 3.64. The van der Waals surface area contributed by atoms with Gasteiger partial charge in [0.2, 0.25) is 0 Å². The minimum atomic E-state index is 0.858. The lowest BCUT2D eigenvalue weighted by Gasteiger charge is -2.26. The molecule has 0 amide bonds. The number of hydrogen-bond acceptors (Lipinski definition) is 1. The highest BCUT2D eigenvalue weighted by Crippen LogP contribution is 2.36. The van der Waals surface area contributed by atoms with Crippen LogP contribution in [0.4, 0.5) is 0 Å². The van der Waals surface area contributed by atoms with Crippen molar-refractivity contribution in [1.29, 1.82) is 0 Å². The van der Waals surface area contributed by atoms with Crippen LogP contribution in [0.5, 0.6) is 0 Å². The van der Waals surface area contributed by atoms with Crippen molar-refractivity contribution in [2.45, 2.75) is 56.9 Å². The lowest BCUT2D eigenvalue weighted by atomic mass is 9.79. The zero-order chi connectivity index (χ0) is 11.5. The molecule has 1 aromatic rings. The van der Waals surface area contributed by atoms with Crippen molar-refractivity contribution >= 4 is 0 Å². The van der Waals surface area contributed by atoms with Crippen molar-refractivity contribution in [1.82, 2.24) is 5.32 Å². The largest absolute Gasteiger partial charge is 0.314 e. The molecule has 0 bridgehead atoms. The zero-order valence-corrected chi connectivity index (χ0v) is 10.6. The Kier molecular flexibility index (Phi) is 3.46. The third-order valence-electron chi connectivity index (χ3n) is 4.18. The molecule has 1 aromatic carbocycles. The highest BCUT2D eigenvalue weighted by atomic mass is 14.9. The van der Waals surface area contributed by atoms with Gasteiger partial charge >= 0.3 is 0 Å². The van der Waals surface area contributed by atoms with Crippen LogP contribution in [0.3, 0.4) is 0 Å². The van der Waals surface area contributed by atoms with Gasteiger partial charge in [0.05, 0.1) is 0 Å². The summed E-state index contributed by atoms with van der Waals surface area (Å²) in [5, 5.41) is 3.59. The van der Waals surface area contributed by atoms with Crippen LogP contribution in [0.1, 0.15) is 55.6 Å². The summed E-state index contributed by atoms with van der Waals surface area (Å²) < 4.78 is 0. The van der Waals surface area contributed by atoms with E-state index in [4.69, 9.17) is 0 Å². The first-order chi connectivity index (χ1) is 8.42. The second-order valence-corrected chi connectivity index (χ2v) is 5.70. The Hall–Kier alpha value is -0.820. The Morgan fingerprint density at radius 1 is 1.12 bits per heavy atom. The van der Waals surface area contributed by atoms with Crippen molar-refractivity contribution in [2.75, 3.05) is 6.54 Å². The summed E-state index contributed by atoms with van der Waals surface area (Å²) >= 11 is 0. The molecular formula is C16H23N. The van der Waals surface area contributed by atoms with Crippen LogP contribution >= 0.6 is 0 Å². The number of nitrogens with one attached hydrogen (secondary N) is 1. The Morgan fingerprint density at radius 3 is 2.71 bits per heavy atom. The molecule has 2 aliphatic rings. The molecule has 0 saturated heterocycles. The molecule has 2 saturated carbocycles. The minimum absolute atomic E-state index is 0.858. The average Bonchev–Trinajstić information content (AvgIpc) is 3.06. The van der Waals surface area contributed by atoms with E-state index >= 15 is 0 Å². The van der Waals surface area contributed by atoms with Gasteiger partial charge in [-0.1, -0.05) is 30.7 Å². The Morgan fingerprint density at radius 2 is 2.00 bits per heavy atom.